The number of benzene rings is 3. The fraction of sp³-hybridized carbons (Fsp3) is 0.0400. The van der Waals surface area contributed by atoms with Gasteiger partial charge in [0.1, 0.15) is 12.4 Å². The zero-order chi connectivity index (χ0) is 22.7. The minimum atomic E-state index is -1.23. The summed E-state index contributed by atoms with van der Waals surface area (Å²) in [6.07, 6.45) is 0. The number of rotatable bonds is 7. The van der Waals surface area contributed by atoms with Crippen molar-refractivity contribution in [3.05, 3.63) is 99.9 Å². The molecule has 0 aliphatic rings. The Morgan fingerprint density at radius 1 is 0.824 bits per heavy atom. The third-order valence-corrected chi connectivity index (χ3v) is 6.04. The van der Waals surface area contributed by atoms with Crippen LogP contribution in [0.5, 0.6) is 5.75 Å². The van der Waals surface area contributed by atoms with E-state index in [-0.39, 0.29) is 76.8 Å². The van der Waals surface area contributed by atoms with Crippen molar-refractivity contribution in [2.45, 2.75) is 6.61 Å². The summed E-state index contributed by atoms with van der Waals surface area (Å²) >= 11 is 7.74. The maximum atomic E-state index is 11.3. The summed E-state index contributed by atoms with van der Waals surface area (Å²) < 4.78 is 6.03. The molecule has 0 radical (unpaired) electrons. The first kappa shape index (κ1) is 28.6. The molecule has 0 aliphatic heterocycles. The van der Waals surface area contributed by atoms with E-state index in [2.05, 4.69) is 0 Å². The minimum absolute atomic E-state index is 0. The van der Waals surface area contributed by atoms with E-state index < -0.39 is 11.9 Å². The number of carbonyl (C=O) groups excluding carboxylic acids is 2. The second-order valence-electron chi connectivity index (χ2n) is 6.95. The van der Waals surface area contributed by atoms with Crippen LogP contribution in [-0.2, 0) is 6.61 Å². The monoisotopic (exact) mass is 508 g/mol. The van der Waals surface area contributed by atoms with E-state index >= 15 is 0 Å². The molecule has 0 N–H and O–H groups in total. The number of carboxylic acids is 2. The van der Waals surface area contributed by atoms with Gasteiger partial charge in [-0.15, -0.1) is 11.3 Å². The fourth-order valence-electron chi connectivity index (χ4n) is 3.27. The third-order valence-electron chi connectivity index (χ3n) is 4.84. The summed E-state index contributed by atoms with van der Waals surface area (Å²) in [4.78, 5) is 23.1. The Hall–Kier alpha value is -1.61. The zero-order valence-corrected chi connectivity index (χ0v) is 24.1. The molecule has 34 heavy (non-hydrogen) atoms. The first-order chi connectivity index (χ1) is 15.4. The van der Waals surface area contributed by atoms with Gasteiger partial charge in [-0.1, -0.05) is 54.1 Å². The summed E-state index contributed by atoms with van der Waals surface area (Å²) in [5.41, 5.74) is 3.37. The van der Waals surface area contributed by atoms with Gasteiger partial charge in [-0.25, -0.2) is 0 Å². The molecule has 4 rings (SSSR count). The molecule has 0 amide bonds. The predicted octanol–water partition coefficient (Wildman–Crippen LogP) is -1.95. The van der Waals surface area contributed by atoms with Crippen LogP contribution in [0.4, 0.5) is 0 Å². The van der Waals surface area contributed by atoms with Gasteiger partial charge < -0.3 is 24.5 Å². The van der Waals surface area contributed by atoms with Crippen molar-refractivity contribution in [1.29, 1.82) is 0 Å². The van der Waals surface area contributed by atoms with Crippen molar-refractivity contribution < 1.29 is 83.7 Å². The average molecular weight is 509 g/mol. The Morgan fingerprint density at radius 2 is 1.53 bits per heavy atom. The van der Waals surface area contributed by atoms with Crippen LogP contribution in [0.15, 0.2) is 78.2 Å². The minimum Gasteiger partial charge on any atom is -0.545 e. The number of carboxylic acid groups (broad SMARTS) is 2. The maximum absolute atomic E-state index is 11.3. The van der Waals surface area contributed by atoms with Crippen LogP contribution in [0, 0.1) is 0 Å². The molecule has 0 fully saturated rings. The largest absolute Gasteiger partial charge is 1.00 e. The summed E-state index contributed by atoms with van der Waals surface area (Å²) in [6.45, 7) is 0.224. The summed E-state index contributed by atoms with van der Waals surface area (Å²) in [7, 11) is 0. The van der Waals surface area contributed by atoms with E-state index in [1.54, 1.807) is 42.5 Å². The molecule has 0 bridgehead atoms. The molecule has 9 heteroatoms. The number of hydrogen-bond acceptors (Lipinski definition) is 6. The molecule has 0 saturated heterocycles. The van der Waals surface area contributed by atoms with Gasteiger partial charge in [-0.05, 0) is 58.0 Å². The van der Waals surface area contributed by atoms with E-state index in [0.717, 1.165) is 27.1 Å². The first-order valence-electron chi connectivity index (χ1n) is 9.54. The van der Waals surface area contributed by atoms with E-state index in [1.807, 2.05) is 17.5 Å². The predicted molar refractivity (Wildman–Crippen MR) is 120 cm³/mol. The van der Waals surface area contributed by atoms with Crippen molar-refractivity contribution in [3.8, 4) is 27.3 Å². The Balaban J connectivity index is 0.00000204. The smallest absolute Gasteiger partial charge is 0.545 e. The van der Waals surface area contributed by atoms with Crippen LogP contribution in [0.3, 0.4) is 0 Å². The Kier molecular flexibility index (Phi) is 10.9. The molecule has 3 aromatic carbocycles. The summed E-state index contributed by atoms with van der Waals surface area (Å²) in [5, 5.41) is 24.6. The molecule has 0 spiro atoms. The molecule has 4 aromatic rings. The van der Waals surface area contributed by atoms with Crippen LogP contribution in [0.25, 0.3) is 21.6 Å². The molecule has 0 unspecified atom stereocenters. The molecule has 1 aromatic heterocycles. The van der Waals surface area contributed by atoms with Crippen LogP contribution in [-0.4, -0.2) is 11.9 Å². The normalized spacial score (nSPS) is 10.0. The Bertz CT molecular complexity index is 1300. The standard InChI is InChI=1S/C25H17ClO5S.2Na/c26-19-8-9-22(31-14-15-4-6-16(7-5-15)24(27)28)21(13-19)20-10-11-32-23(20)17-2-1-3-18(12-17)25(29)30;;/h1-13H,14H2,(H,27,28)(H,29,30);;/q;2*+1/p-2. The molecule has 0 saturated carbocycles. The fourth-order valence-corrected chi connectivity index (χ4v) is 4.35. The van der Waals surface area contributed by atoms with E-state index in [1.165, 1.54) is 29.5 Å². The van der Waals surface area contributed by atoms with Crippen LogP contribution >= 0.6 is 22.9 Å². The van der Waals surface area contributed by atoms with E-state index in [9.17, 15) is 19.8 Å². The van der Waals surface area contributed by atoms with E-state index in [4.69, 9.17) is 16.3 Å². The van der Waals surface area contributed by atoms with Gasteiger partial charge in [-0.2, -0.15) is 0 Å². The number of thiophene rings is 1. The maximum Gasteiger partial charge on any atom is 1.00 e. The third kappa shape index (κ3) is 6.74. The van der Waals surface area contributed by atoms with Gasteiger partial charge in [0.15, 0.2) is 0 Å². The Labute approximate surface area is 249 Å². The number of ether oxygens (including phenoxy) is 1. The van der Waals surface area contributed by atoms with Gasteiger partial charge in [0, 0.05) is 21.0 Å². The first-order valence-corrected chi connectivity index (χ1v) is 10.8. The molecule has 1 heterocycles. The van der Waals surface area contributed by atoms with Crippen molar-refractivity contribution in [2.75, 3.05) is 0 Å². The second kappa shape index (κ2) is 12.9. The van der Waals surface area contributed by atoms with E-state index in [0.29, 0.717) is 10.8 Å². The number of hydrogen-bond donors (Lipinski definition) is 0. The molecule has 0 aliphatic carbocycles. The van der Waals surface area contributed by atoms with Crippen molar-refractivity contribution >= 4 is 34.9 Å². The second-order valence-corrected chi connectivity index (χ2v) is 8.30. The topological polar surface area (TPSA) is 89.5 Å². The van der Waals surface area contributed by atoms with Crippen molar-refractivity contribution in [3.63, 3.8) is 0 Å². The van der Waals surface area contributed by atoms with Crippen LogP contribution < -0.4 is 74.1 Å². The van der Waals surface area contributed by atoms with Gasteiger partial charge in [0.05, 0.1) is 11.9 Å². The molecular weight excluding hydrogens is 494 g/mol. The number of aromatic carboxylic acids is 2. The van der Waals surface area contributed by atoms with Crippen molar-refractivity contribution in [1.82, 2.24) is 0 Å². The summed E-state index contributed by atoms with van der Waals surface area (Å²) in [6, 6.07) is 20.1. The van der Waals surface area contributed by atoms with Gasteiger partial charge in [-0.3, -0.25) is 0 Å². The van der Waals surface area contributed by atoms with Crippen molar-refractivity contribution in [2.24, 2.45) is 0 Å². The average Bonchev–Trinajstić information content (AvgIpc) is 3.28. The molecule has 5 nitrogen and oxygen atoms in total. The SMILES string of the molecule is O=C([O-])c1ccc(COc2ccc(Cl)cc2-c2ccsc2-c2cccc(C(=O)[O-])c2)cc1.[Na+].[Na+]. The van der Waals surface area contributed by atoms with Crippen LogP contribution in [0.1, 0.15) is 26.3 Å². The van der Waals surface area contributed by atoms with Gasteiger partial charge in [0.2, 0.25) is 0 Å². The van der Waals surface area contributed by atoms with Gasteiger partial charge >= 0.3 is 59.1 Å². The summed E-state index contributed by atoms with van der Waals surface area (Å²) in [5.74, 6) is -1.87. The Morgan fingerprint density at radius 3 is 2.21 bits per heavy atom. The van der Waals surface area contributed by atoms with Crippen LogP contribution in [0.2, 0.25) is 5.02 Å². The molecule has 0 atom stereocenters. The molecule has 160 valence electrons. The quantitative estimate of drug-likeness (QED) is 0.271. The molecular formula is C25H15ClNa2O5S. The van der Waals surface area contributed by atoms with Gasteiger partial charge in [0.25, 0.3) is 0 Å². The zero-order valence-electron chi connectivity index (χ0n) is 18.5. The number of halogens is 1. The number of carbonyl (C=O) groups is 2.